The van der Waals surface area contributed by atoms with Gasteiger partial charge in [-0.05, 0) is 40.5 Å². The first-order valence-electron chi connectivity index (χ1n) is 6.22. The third kappa shape index (κ3) is 3.34. The number of nitrogens with zero attached hydrogens (tertiary/aromatic N) is 3. The van der Waals surface area contributed by atoms with Crippen LogP contribution in [0.25, 0.3) is 0 Å². The summed E-state index contributed by atoms with van der Waals surface area (Å²) in [5.74, 6) is 2.02. The van der Waals surface area contributed by atoms with E-state index < -0.39 is 0 Å². The van der Waals surface area contributed by atoms with Crippen molar-refractivity contribution >= 4 is 15.9 Å². The summed E-state index contributed by atoms with van der Waals surface area (Å²) in [6.45, 7) is 5.97. The summed E-state index contributed by atoms with van der Waals surface area (Å²) in [6, 6.07) is 9.14. The standard InChI is InChI=1S/C15H14BrN3O/c1-9(2)15-18-13(16)7-14(19-15)20-12-6-11(8-17)5-4-10(12)3/h4-7,9H,1-3H3. The topological polar surface area (TPSA) is 58.8 Å². The van der Waals surface area contributed by atoms with Gasteiger partial charge in [0.2, 0.25) is 5.88 Å². The van der Waals surface area contributed by atoms with Crippen molar-refractivity contribution in [3.05, 3.63) is 45.8 Å². The Bertz CT molecular complexity index is 677. The second-order valence-corrected chi connectivity index (χ2v) is 5.55. The van der Waals surface area contributed by atoms with Crippen LogP contribution in [0.4, 0.5) is 0 Å². The number of hydrogen-bond donors (Lipinski definition) is 0. The highest BCUT2D eigenvalue weighted by Crippen LogP contribution is 2.27. The Kier molecular flexibility index (Phi) is 4.35. The predicted molar refractivity (Wildman–Crippen MR) is 79.8 cm³/mol. The lowest BCUT2D eigenvalue weighted by Crippen LogP contribution is -2.00. The van der Waals surface area contributed by atoms with Crippen molar-refractivity contribution < 1.29 is 4.74 Å². The third-order valence-corrected chi connectivity index (χ3v) is 3.14. The van der Waals surface area contributed by atoms with Gasteiger partial charge in [0.25, 0.3) is 0 Å². The molecule has 0 aliphatic rings. The van der Waals surface area contributed by atoms with E-state index in [0.29, 0.717) is 27.6 Å². The monoisotopic (exact) mass is 331 g/mol. The molecule has 5 heteroatoms. The van der Waals surface area contributed by atoms with Crippen molar-refractivity contribution in [2.45, 2.75) is 26.7 Å². The maximum absolute atomic E-state index is 8.94. The van der Waals surface area contributed by atoms with E-state index in [-0.39, 0.29) is 5.92 Å². The molecule has 4 nitrogen and oxygen atoms in total. The molecule has 1 heterocycles. The summed E-state index contributed by atoms with van der Waals surface area (Å²) in [7, 11) is 0. The van der Waals surface area contributed by atoms with Gasteiger partial charge in [0.15, 0.2) is 0 Å². The van der Waals surface area contributed by atoms with Crippen LogP contribution in [0, 0.1) is 18.3 Å². The highest BCUT2D eigenvalue weighted by Gasteiger charge is 2.10. The predicted octanol–water partition coefficient (Wildman–Crippen LogP) is 4.33. The van der Waals surface area contributed by atoms with Gasteiger partial charge in [0.05, 0.1) is 11.6 Å². The molecular formula is C15H14BrN3O. The molecule has 1 aromatic heterocycles. The maximum atomic E-state index is 8.94. The third-order valence-electron chi connectivity index (χ3n) is 2.74. The Morgan fingerprint density at radius 1 is 1.25 bits per heavy atom. The van der Waals surface area contributed by atoms with Crippen LogP contribution in [0.5, 0.6) is 11.6 Å². The summed E-state index contributed by atoms with van der Waals surface area (Å²) in [5.41, 5.74) is 1.51. The largest absolute Gasteiger partial charge is 0.439 e. The molecule has 0 fully saturated rings. The number of benzene rings is 1. The number of nitriles is 1. The van der Waals surface area contributed by atoms with E-state index in [1.165, 1.54) is 0 Å². The molecule has 0 unspecified atom stereocenters. The molecule has 0 aliphatic carbocycles. The summed E-state index contributed by atoms with van der Waals surface area (Å²) >= 11 is 3.36. The lowest BCUT2D eigenvalue weighted by molar-refractivity contribution is 0.452. The molecule has 0 saturated carbocycles. The van der Waals surface area contributed by atoms with Crippen molar-refractivity contribution in [2.75, 3.05) is 0 Å². The first-order chi connectivity index (χ1) is 9.49. The molecule has 0 saturated heterocycles. The Balaban J connectivity index is 2.37. The van der Waals surface area contributed by atoms with Crippen LogP contribution in [-0.4, -0.2) is 9.97 Å². The first kappa shape index (κ1) is 14.5. The first-order valence-corrected chi connectivity index (χ1v) is 7.02. The van der Waals surface area contributed by atoms with Crippen LogP contribution in [0.15, 0.2) is 28.9 Å². The number of aromatic nitrogens is 2. The van der Waals surface area contributed by atoms with Crippen molar-refractivity contribution in [3.63, 3.8) is 0 Å². The molecule has 20 heavy (non-hydrogen) atoms. The van der Waals surface area contributed by atoms with Gasteiger partial charge in [0.1, 0.15) is 16.2 Å². The van der Waals surface area contributed by atoms with E-state index in [0.717, 1.165) is 5.56 Å². The van der Waals surface area contributed by atoms with Gasteiger partial charge >= 0.3 is 0 Å². The van der Waals surface area contributed by atoms with Gasteiger partial charge in [-0.2, -0.15) is 10.2 Å². The van der Waals surface area contributed by atoms with Gasteiger partial charge in [-0.25, -0.2) is 4.98 Å². The second kappa shape index (κ2) is 6.02. The Morgan fingerprint density at radius 2 is 2.00 bits per heavy atom. The molecule has 1 aromatic carbocycles. The van der Waals surface area contributed by atoms with E-state index >= 15 is 0 Å². The fourth-order valence-electron chi connectivity index (χ4n) is 1.62. The second-order valence-electron chi connectivity index (χ2n) is 4.74. The van der Waals surface area contributed by atoms with Gasteiger partial charge < -0.3 is 4.74 Å². The zero-order chi connectivity index (χ0) is 14.7. The van der Waals surface area contributed by atoms with Crippen LogP contribution >= 0.6 is 15.9 Å². The van der Waals surface area contributed by atoms with Crippen molar-refractivity contribution in [1.82, 2.24) is 9.97 Å². The average Bonchev–Trinajstić information content (AvgIpc) is 2.40. The minimum absolute atomic E-state index is 0.210. The minimum Gasteiger partial charge on any atom is -0.439 e. The normalized spacial score (nSPS) is 10.4. The minimum atomic E-state index is 0.210. The van der Waals surface area contributed by atoms with Crippen molar-refractivity contribution in [1.29, 1.82) is 5.26 Å². The summed E-state index contributed by atoms with van der Waals surface area (Å²) in [4.78, 5) is 8.68. The Hall–Kier alpha value is -1.93. The molecule has 2 rings (SSSR count). The van der Waals surface area contributed by atoms with Crippen LogP contribution in [0.2, 0.25) is 0 Å². The highest BCUT2D eigenvalue weighted by atomic mass is 79.9. The molecule has 2 aromatic rings. The SMILES string of the molecule is Cc1ccc(C#N)cc1Oc1cc(Br)nc(C(C)C)n1. The van der Waals surface area contributed by atoms with Gasteiger partial charge in [-0.3, -0.25) is 0 Å². The molecule has 0 atom stereocenters. The molecule has 0 N–H and O–H groups in total. The van der Waals surface area contributed by atoms with Gasteiger partial charge in [0, 0.05) is 12.0 Å². The summed E-state index contributed by atoms with van der Waals surface area (Å²) in [5, 5.41) is 8.94. The van der Waals surface area contributed by atoms with Crippen LogP contribution in [-0.2, 0) is 0 Å². The van der Waals surface area contributed by atoms with E-state index in [1.807, 2.05) is 26.8 Å². The van der Waals surface area contributed by atoms with Crippen molar-refractivity contribution in [3.8, 4) is 17.7 Å². The maximum Gasteiger partial charge on any atom is 0.223 e. The number of aryl methyl sites for hydroxylation is 1. The quantitative estimate of drug-likeness (QED) is 0.785. The van der Waals surface area contributed by atoms with Crippen LogP contribution < -0.4 is 4.74 Å². The van der Waals surface area contributed by atoms with E-state index in [4.69, 9.17) is 10.00 Å². The van der Waals surface area contributed by atoms with E-state index in [9.17, 15) is 0 Å². The molecule has 0 radical (unpaired) electrons. The van der Waals surface area contributed by atoms with Crippen molar-refractivity contribution in [2.24, 2.45) is 0 Å². The Labute approximate surface area is 126 Å². The Morgan fingerprint density at radius 3 is 2.65 bits per heavy atom. The number of rotatable bonds is 3. The highest BCUT2D eigenvalue weighted by molar-refractivity contribution is 9.10. The molecular weight excluding hydrogens is 318 g/mol. The smallest absolute Gasteiger partial charge is 0.223 e. The van der Waals surface area contributed by atoms with Crippen LogP contribution in [0.1, 0.15) is 36.7 Å². The molecule has 102 valence electrons. The summed E-state index contributed by atoms with van der Waals surface area (Å²) in [6.07, 6.45) is 0. The molecule has 0 spiro atoms. The number of hydrogen-bond acceptors (Lipinski definition) is 4. The molecule has 0 aliphatic heterocycles. The fourth-order valence-corrected chi connectivity index (χ4v) is 1.99. The molecule has 0 bridgehead atoms. The zero-order valence-electron chi connectivity index (χ0n) is 11.5. The molecule has 0 amide bonds. The van der Waals surface area contributed by atoms with Gasteiger partial charge in [-0.15, -0.1) is 0 Å². The van der Waals surface area contributed by atoms with Crippen LogP contribution in [0.3, 0.4) is 0 Å². The summed E-state index contributed by atoms with van der Waals surface area (Å²) < 4.78 is 6.47. The van der Waals surface area contributed by atoms with E-state index in [1.54, 1.807) is 18.2 Å². The number of halogens is 1. The number of ether oxygens (including phenoxy) is 1. The average molecular weight is 332 g/mol. The lowest BCUT2D eigenvalue weighted by Gasteiger charge is -2.10. The van der Waals surface area contributed by atoms with Gasteiger partial charge in [-0.1, -0.05) is 19.9 Å². The zero-order valence-corrected chi connectivity index (χ0v) is 13.1. The fraction of sp³-hybridized carbons (Fsp3) is 0.267. The van der Waals surface area contributed by atoms with E-state index in [2.05, 4.69) is 32.0 Å². The lowest BCUT2D eigenvalue weighted by atomic mass is 10.1.